The van der Waals surface area contributed by atoms with Crippen molar-refractivity contribution in [1.82, 2.24) is 4.98 Å². The van der Waals surface area contributed by atoms with Crippen LogP contribution in [0.5, 0.6) is 0 Å². The molecule has 2 nitrogen and oxygen atoms in total. The summed E-state index contributed by atoms with van der Waals surface area (Å²) in [7, 11) is 1.98. The molecule has 0 aliphatic rings. The van der Waals surface area contributed by atoms with E-state index in [0.717, 1.165) is 39.1 Å². The van der Waals surface area contributed by atoms with Crippen LogP contribution in [0.2, 0.25) is 0 Å². The highest BCUT2D eigenvalue weighted by atomic mass is 14.9. The second-order valence-corrected chi connectivity index (χ2v) is 6.70. The number of pyridine rings is 2. The Balaban J connectivity index is 1.98. The molecule has 0 amide bonds. The number of rotatable bonds is 3. The molecule has 2 heterocycles. The van der Waals surface area contributed by atoms with E-state index in [2.05, 4.69) is 4.98 Å². The first kappa shape index (κ1) is 13.9. The van der Waals surface area contributed by atoms with Gasteiger partial charge in [0.05, 0.1) is 11.1 Å². The molecule has 0 saturated heterocycles. The van der Waals surface area contributed by atoms with Crippen molar-refractivity contribution in [1.29, 1.82) is 0 Å². The zero-order valence-corrected chi connectivity index (χ0v) is 15.5. The summed E-state index contributed by atoms with van der Waals surface area (Å²) < 4.78 is 26.7. The normalized spacial score (nSPS) is 12.9. The van der Waals surface area contributed by atoms with Gasteiger partial charge in [0.1, 0.15) is 7.05 Å². The number of aryl methyl sites for hydroxylation is 3. The summed E-state index contributed by atoms with van der Waals surface area (Å²) in [6.07, 6.45) is 5.57. The predicted molar refractivity (Wildman–Crippen MR) is 111 cm³/mol. The van der Waals surface area contributed by atoms with Gasteiger partial charge in [-0.2, -0.15) is 0 Å². The molecular formula is C25H23N2+. The summed E-state index contributed by atoms with van der Waals surface area (Å²) in [6, 6.07) is 21.5. The summed E-state index contributed by atoms with van der Waals surface area (Å²) in [5.41, 5.74) is 6.89. The van der Waals surface area contributed by atoms with Crippen LogP contribution in [0.25, 0.3) is 33.5 Å². The van der Waals surface area contributed by atoms with Crippen LogP contribution in [-0.2, 0) is 7.05 Å². The van der Waals surface area contributed by atoms with Gasteiger partial charge in [-0.15, -0.1) is 0 Å². The lowest BCUT2D eigenvalue weighted by Gasteiger charge is -2.13. The van der Waals surface area contributed by atoms with E-state index < -0.39 is 6.85 Å². The summed E-state index contributed by atoms with van der Waals surface area (Å²) in [5, 5.41) is 0. The van der Waals surface area contributed by atoms with Gasteiger partial charge in [-0.05, 0) is 53.7 Å². The third-order valence-corrected chi connectivity index (χ3v) is 4.87. The van der Waals surface area contributed by atoms with Crippen molar-refractivity contribution in [3.05, 3.63) is 96.4 Å². The van der Waals surface area contributed by atoms with Crippen molar-refractivity contribution in [2.45, 2.75) is 13.8 Å². The molecule has 0 N–H and O–H groups in total. The Morgan fingerprint density at radius 3 is 2.44 bits per heavy atom. The number of hydrogen-bond donors (Lipinski definition) is 0. The van der Waals surface area contributed by atoms with Crippen molar-refractivity contribution in [2.75, 3.05) is 0 Å². The van der Waals surface area contributed by atoms with Gasteiger partial charge in [-0.25, -0.2) is 4.57 Å². The van der Waals surface area contributed by atoms with Crippen LogP contribution in [0.4, 0.5) is 0 Å². The van der Waals surface area contributed by atoms with Crippen LogP contribution < -0.4 is 4.57 Å². The molecule has 0 bridgehead atoms. The molecule has 0 saturated carbocycles. The highest BCUT2D eigenvalue weighted by Crippen LogP contribution is 2.34. The monoisotopic (exact) mass is 354 g/mol. The molecule has 2 aromatic carbocycles. The molecule has 0 spiro atoms. The predicted octanol–water partition coefficient (Wildman–Crippen LogP) is 5.52. The number of nitrogens with zero attached hydrogens (tertiary/aromatic N) is 2. The molecule has 0 radical (unpaired) electrons. The van der Waals surface area contributed by atoms with Crippen LogP contribution in [0.1, 0.15) is 15.2 Å². The van der Waals surface area contributed by atoms with Gasteiger partial charge < -0.3 is 0 Å². The standard InChI is InChI=1S/C25H23N2/c1-18-16-21(20-8-5-4-6-9-20)11-12-22(18)24-10-7-15-27(3)25(24)23-13-14-26-17-19(23)2/h4-17H,1-3H3/q+1/i1D3. The Labute approximate surface area is 165 Å². The lowest BCUT2D eigenvalue weighted by atomic mass is 9.92. The molecule has 0 unspecified atom stereocenters. The largest absolute Gasteiger partial charge is 0.264 e. The van der Waals surface area contributed by atoms with Gasteiger partial charge in [0, 0.05) is 22.6 Å². The summed E-state index contributed by atoms with van der Waals surface area (Å²) >= 11 is 0. The summed E-state index contributed by atoms with van der Waals surface area (Å²) in [4.78, 5) is 4.21. The number of hydrogen-bond acceptors (Lipinski definition) is 1. The molecule has 4 aromatic rings. The molecule has 0 aliphatic heterocycles. The zero-order chi connectivity index (χ0) is 21.3. The second kappa shape index (κ2) is 7.16. The molecule has 0 fully saturated rings. The average molecular weight is 354 g/mol. The van der Waals surface area contributed by atoms with Gasteiger partial charge in [-0.3, -0.25) is 4.98 Å². The quantitative estimate of drug-likeness (QED) is 0.442. The second-order valence-electron chi connectivity index (χ2n) is 6.70. The van der Waals surface area contributed by atoms with Gasteiger partial charge in [0.15, 0.2) is 6.20 Å². The SMILES string of the molecule is [2H]C([2H])([2H])c1cc(-c2ccccc2)ccc1-c1ccc[n+](C)c1-c1ccncc1C. The molecule has 132 valence electrons. The van der Waals surface area contributed by atoms with E-state index >= 15 is 0 Å². The third kappa shape index (κ3) is 3.26. The summed E-state index contributed by atoms with van der Waals surface area (Å²) in [6.45, 7) is -0.221. The van der Waals surface area contributed by atoms with Gasteiger partial charge >= 0.3 is 0 Å². The molecule has 0 aliphatic carbocycles. The molecule has 2 heteroatoms. The fourth-order valence-corrected chi connectivity index (χ4v) is 3.49. The van der Waals surface area contributed by atoms with Gasteiger partial charge in [0.2, 0.25) is 5.69 Å². The minimum absolute atomic E-state index is 0.350. The fourth-order valence-electron chi connectivity index (χ4n) is 3.49. The number of benzene rings is 2. The fraction of sp³-hybridized carbons (Fsp3) is 0.120. The lowest BCUT2D eigenvalue weighted by molar-refractivity contribution is -0.660. The van der Waals surface area contributed by atoms with Gasteiger partial charge in [-0.1, -0.05) is 48.5 Å². The third-order valence-electron chi connectivity index (χ3n) is 4.87. The van der Waals surface area contributed by atoms with Crippen LogP contribution in [0.15, 0.2) is 85.3 Å². The first-order valence-electron chi connectivity index (χ1n) is 10.5. The van der Waals surface area contributed by atoms with Crippen molar-refractivity contribution in [3.63, 3.8) is 0 Å². The molecular weight excluding hydrogens is 328 g/mol. The van der Waals surface area contributed by atoms with E-state index in [1.54, 1.807) is 12.3 Å². The maximum absolute atomic E-state index is 8.21. The average Bonchev–Trinajstić information content (AvgIpc) is 2.74. The first-order valence-corrected chi connectivity index (χ1v) is 8.96. The number of aromatic nitrogens is 2. The van der Waals surface area contributed by atoms with Gasteiger partial charge in [0.25, 0.3) is 0 Å². The van der Waals surface area contributed by atoms with E-state index in [4.69, 9.17) is 4.11 Å². The van der Waals surface area contributed by atoms with Crippen LogP contribution in [0, 0.1) is 13.8 Å². The van der Waals surface area contributed by atoms with Crippen LogP contribution >= 0.6 is 0 Å². The maximum Gasteiger partial charge on any atom is 0.220 e. The molecule has 4 rings (SSSR count). The minimum Gasteiger partial charge on any atom is -0.264 e. The minimum atomic E-state index is -2.24. The Kier molecular flexibility index (Phi) is 3.68. The zero-order valence-electron chi connectivity index (χ0n) is 18.5. The van der Waals surface area contributed by atoms with Crippen molar-refractivity contribution >= 4 is 0 Å². The summed E-state index contributed by atoms with van der Waals surface area (Å²) in [5.74, 6) is 0. The Bertz CT molecular complexity index is 1200. The van der Waals surface area contributed by atoms with Crippen molar-refractivity contribution in [2.24, 2.45) is 7.05 Å². The lowest BCUT2D eigenvalue weighted by Crippen LogP contribution is -2.31. The van der Waals surface area contributed by atoms with E-state index in [9.17, 15) is 0 Å². The van der Waals surface area contributed by atoms with E-state index in [1.807, 2.05) is 91.6 Å². The van der Waals surface area contributed by atoms with Crippen molar-refractivity contribution < 1.29 is 8.68 Å². The Hall–Kier alpha value is -3.26. The van der Waals surface area contributed by atoms with E-state index in [1.165, 1.54) is 0 Å². The van der Waals surface area contributed by atoms with Crippen molar-refractivity contribution in [3.8, 4) is 33.5 Å². The molecule has 27 heavy (non-hydrogen) atoms. The van der Waals surface area contributed by atoms with E-state index in [-0.39, 0.29) is 0 Å². The van der Waals surface area contributed by atoms with Crippen LogP contribution in [-0.4, -0.2) is 4.98 Å². The topological polar surface area (TPSA) is 16.8 Å². The maximum atomic E-state index is 8.21. The van der Waals surface area contributed by atoms with E-state index in [0.29, 0.717) is 5.56 Å². The smallest absolute Gasteiger partial charge is 0.220 e. The Morgan fingerprint density at radius 2 is 1.67 bits per heavy atom. The highest BCUT2D eigenvalue weighted by Gasteiger charge is 2.20. The van der Waals surface area contributed by atoms with Crippen LogP contribution in [0.3, 0.4) is 0 Å². The highest BCUT2D eigenvalue weighted by molar-refractivity contribution is 5.83. The molecule has 2 aromatic heterocycles. The first-order chi connectivity index (χ1) is 14.4. The molecule has 0 atom stereocenters. The Morgan fingerprint density at radius 1 is 0.815 bits per heavy atom.